The van der Waals surface area contributed by atoms with Crippen molar-refractivity contribution >= 4 is 10.9 Å². The van der Waals surface area contributed by atoms with E-state index < -0.39 is 0 Å². The summed E-state index contributed by atoms with van der Waals surface area (Å²) in [6, 6.07) is 8.36. The van der Waals surface area contributed by atoms with Gasteiger partial charge in [0.25, 0.3) is 0 Å². The Morgan fingerprint density at radius 3 is 3.11 bits per heavy atom. The lowest BCUT2D eigenvalue weighted by molar-refractivity contribution is 1.48. The van der Waals surface area contributed by atoms with Gasteiger partial charge in [-0.3, -0.25) is 0 Å². The summed E-state index contributed by atoms with van der Waals surface area (Å²) >= 11 is 0. The van der Waals surface area contributed by atoms with Crippen molar-refractivity contribution < 1.29 is 1.37 Å². The van der Waals surface area contributed by atoms with Gasteiger partial charge in [-0.2, -0.15) is 0 Å². The number of H-pyrrole nitrogens is 1. The largest absolute Gasteiger partial charge is 0.361 e. The second-order valence-electron chi connectivity index (χ2n) is 1.98. The smallest absolute Gasteiger partial charge is 0.0645 e. The van der Waals surface area contributed by atoms with Crippen LogP contribution in [0.15, 0.2) is 36.5 Å². The van der Waals surface area contributed by atoms with Gasteiger partial charge in [-0.25, -0.2) is 0 Å². The van der Waals surface area contributed by atoms with Crippen LogP contribution in [0, 0.1) is 0 Å². The Labute approximate surface area is 54.7 Å². The molecule has 1 heterocycles. The zero-order chi connectivity index (χ0) is 6.97. The third kappa shape index (κ3) is 0.617. The van der Waals surface area contributed by atoms with Crippen LogP contribution in [-0.2, 0) is 0 Å². The van der Waals surface area contributed by atoms with Gasteiger partial charge >= 0.3 is 0 Å². The summed E-state index contributed by atoms with van der Waals surface area (Å²) < 4.78 is 7.41. The van der Waals surface area contributed by atoms with Crippen LogP contribution in [0.1, 0.15) is 1.37 Å². The summed E-state index contributed by atoms with van der Waals surface area (Å²) in [4.78, 5) is 3.00. The predicted octanol–water partition coefficient (Wildman–Crippen LogP) is 2.17. The van der Waals surface area contributed by atoms with Crippen LogP contribution < -0.4 is 0 Å². The fraction of sp³-hybridized carbons (Fsp3) is 0. The highest BCUT2D eigenvalue weighted by atomic mass is 14.6. The molecule has 9 heavy (non-hydrogen) atoms. The number of aromatic amines is 1. The molecule has 0 unspecified atom stereocenters. The first-order valence-electron chi connectivity index (χ1n) is 3.40. The number of benzene rings is 1. The average molecular weight is 118 g/mol. The van der Waals surface area contributed by atoms with Crippen molar-refractivity contribution in [3.63, 3.8) is 0 Å². The van der Waals surface area contributed by atoms with E-state index in [1.54, 1.807) is 6.20 Å². The number of fused-ring (bicyclic) bond motifs is 1. The maximum atomic E-state index is 7.41. The van der Waals surface area contributed by atoms with Crippen LogP contribution in [0.25, 0.3) is 10.9 Å². The number of aromatic nitrogens is 1. The lowest BCUT2D eigenvalue weighted by atomic mass is 10.3. The fourth-order valence-electron chi connectivity index (χ4n) is 0.926. The standard InChI is InChI=1S/C8H7N/c1-2-4-8-7(3-1)5-6-9-8/h1-6,9H/i5D. The number of hydrogen-bond acceptors (Lipinski definition) is 0. The molecule has 0 atom stereocenters. The van der Waals surface area contributed by atoms with Crippen molar-refractivity contribution in [3.8, 4) is 0 Å². The molecule has 0 radical (unpaired) electrons. The van der Waals surface area contributed by atoms with Crippen molar-refractivity contribution in [1.82, 2.24) is 4.98 Å². The maximum absolute atomic E-state index is 7.41. The van der Waals surface area contributed by atoms with Gasteiger partial charge in [-0.1, -0.05) is 18.2 Å². The molecule has 0 saturated heterocycles. The monoisotopic (exact) mass is 118 g/mol. The van der Waals surface area contributed by atoms with Gasteiger partial charge in [0.2, 0.25) is 0 Å². The Bertz CT molecular complexity index is 351. The summed E-state index contributed by atoms with van der Waals surface area (Å²) in [5.41, 5.74) is 1.03. The van der Waals surface area contributed by atoms with Gasteiger partial charge in [-0.05, 0) is 17.5 Å². The molecule has 0 amide bonds. The Hall–Kier alpha value is -1.24. The van der Waals surface area contributed by atoms with E-state index in [1.807, 2.05) is 24.3 Å². The lowest BCUT2D eigenvalue weighted by Crippen LogP contribution is -1.61. The first-order chi connectivity index (χ1) is 4.88. The molecular weight excluding hydrogens is 110 g/mol. The summed E-state index contributed by atoms with van der Waals surface area (Å²) in [6.07, 6.45) is 1.70. The van der Waals surface area contributed by atoms with Crippen LogP contribution in [-0.4, -0.2) is 4.98 Å². The fourth-order valence-corrected chi connectivity index (χ4v) is 0.926. The minimum atomic E-state index is 0.565. The molecule has 44 valence electrons. The van der Waals surface area contributed by atoms with E-state index in [-0.39, 0.29) is 0 Å². The van der Waals surface area contributed by atoms with Crippen LogP contribution in [0.5, 0.6) is 0 Å². The molecule has 1 aromatic carbocycles. The second kappa shape index (κ2) is 1.62. The van der Waals surface area contributed by atoms with Gasteiger partial charge in [0.05, 0.1) is 1.37 Å². The number of para-hydroxylation sites is 1. The first kappa shape index (κ1) is 3.72. The van der Waals surface area contributed by atoms with Crippen molar-refractivity contribution in [2.75, 3.05) is 0 Å². The van der Waals surface area contributed by atoms with Crippen LogP contribution in [0.3, 0.4) is 0 Å². The normalized spacial score (nSPS) is 11.8. The van der Waals surface area contributed by atoms with E-state index in [9.17, 15) is 0 Å². The van der Waals surface area contributed by atoms with Gasteiger partial charge in [0.15, 0.2) is 0 Å². The molecule has 0 aliphatic heterocycles. The maximum Gasteiger partial charge on any atom is 0.0645 e. The van der Waals surface area contributed by atoms with Crippen LogP contribution >= 0.6 is 0 Å². The quantitative estimate of drug-likeness (QED) is 0.545. The summed E-state index contributed by atoms with van der Waals surface area (Å²) in [6.45, 7) is 0. The second-order valence-corrected chi connectivity index (χ2v) is 1.98. The Morgan fingerprint density at radius 2 is 2.22 bits per heavy atom. The SMILES string of the molecule is [2H]c1c[nH]c2ccccc12. The van der Waals surface area contributed by atoms with Crippen molar-refractivity contribution in [1.29, 1.82) is 0 Å². The van der Waals surface area contributed by atoms with Gasteiger partial charge in [-0.15, -0.1) is 0 Å². The van der Waals surface area contributed by atoms with Crippen LogP contribution in [0.2, 0.25) is 0 Å². The molecule has 1 heteroatoms. The van der Waals surface area contributed by atoms with Gasteiger partial charge in [0, 0.05) is 11.7 Å². The predicted molar refractivity (Wildman–Crippen MR) is 38.3 cm³/mol. The highest BCUT2D eigenvalue weighted by Crippen LogP contribution is 2.09. The summed E-state index contributed by atoms with van der Waals surface area (Å²) in [5, 5.41) is 0.988. The molecule has 0 fully saturated rings. The Balaban J connectivity index is 2.93. The summed E-state index contributed by atoms with van der Waals surface area (Å²) in [7, 11) is 0. The average Bonchev–Trinajstić information content (AvgIpc) is 2.34. The van der Waals surface area contributed by atoms with Crippen molar-refractivity contribution in [3.05, 3.63) is 36.5 Å². The molecule has 2 aromatic rings. The highest BCUT2D eigenvalue weighted by Gasteiger charge is 1.86. The van der Waals surface area contributed by atoms with Gasteiger partial charge in [0.1, 0.15) is 0 Å². The van der Waals surface area contributed by atoms with E-state index in [0.29, 0.717) is 6.04 Å². The number of nitrogens with one attached hydrogen (secondary N) is 1. The van der Waals surface area contributed by atoms with E-state index in [2.05, 4.69) is 4.98 Å². The van der Waals surface area contributed by atoms with Crippen molar-refractivity contribution in [2.45, 2.75) is 0 Å². The van der Waals surface area contributed by atoms with Crippen molar-refractivity contribution in [2.24, 2.45) is 0 Å². The van der Waals surface area contributed by atoms with Gasteiger partial charge < -0.3 is 4.98 Å². The molecule has 0 aliphatic rings. The van der Waals surface area contributed by atoms with E-state index in [4.69, 9.17) is 1.37 Å². The summed E-state index contributed by atoms with van der Waals surface area (Å²) in [5.74, 6) is 0. The van der Waals surface area contributed by atoms with E-state index >= 15 is 0 Å². The molecule has 0 aliphatic carbocycles. The third-order valence-corrected chi connectivity index (χ3v) is 1.38. The molecule has 1 nitrogen and oxygen atoms in total. The Morgan fingerprint density at radius 1 is 1.33 bits per heavy atom. The number of rotatable bonds is 0. The topological polar surface area (TPSA) is 15.8 Å². The molecule has 0 bridgehead atoms. The lowest BCUT2D eigenvalue weighted by Gasteiger charge is -1.83. The zero-order valence-corrected chi connectivity index (χ0v) is 4.89. The molecule has 1 N–H and O–H groups in total. The van der Waals surface area contributed by atoms with Crippen LogP contribution in [0.4, 0.5) is 0 Å². The number of hydrogen-bond donors (Lipinski definition) is 1. The van der Waals surface area contributed by atoms with E-state index in [0.717, 1.165) is 10.9 Å². The molecule has 1 aromatic heterocycles. The molecule has 2 rings (SSSR count). The van der Waals surface area contributed by atoms with E-state index in [1.165, 1.54) is 0 Å². The first-order valence-corrected chi connectivity index (χ1v) is 2.90. The highest BCUT2D eigenvalue weighted by molar-refractivity contribution is 5.78. The third-order valence-electron chi connectivity index (χ3n) is 1.38. The molecule has 0 saturated carbocycles. The Kier molecular flexibility index (Phi) is 0.671. The molecular formula is C8H7N. The minimum absolute atomic E-state index is 0.565. The zero-order valence-electron chi connectivity index (χ0n) is 5.89. The minimum Gasteiger partial charge on any atom is -0.361 e. The molecule has 0 spiro atoms.